The van der Waals surface area contributed by atoms with Gasteiger partial charge in [-0.3, -0.25) is 14.4 Å². The predicted molar refractivity (Wildman–Crippen MR) is 152 cm³/mol. The molecule has 1 spiro atoms. The number of benzene rings is 2. The maximum atomic E-state index is 14.6. The second kappa shape index (κ2) is 10.9. The first-order chi connectivity index (χ1) is 20.5. The Morgan fingerprint density at radius 1 is 1.12 bits per heavy atom. The summed E-state index contributed by atoms with van der Waals surface area (Å²) in [5.74, 6) is -3.45. The first-order valence-electron chi connectivity index (χ1n) is 13.6. The molecule has 1 aromatic heterocycles. The number of methoxy groups -OCH3 is 1. The van der Waals surface area contributed by atoms with Gasteiger partial charge in [0.1, 0.15) is 0 Å². The molecule has 3 aliphatic heterocycles. The number of β-amino-alcohol motifs (C(OH)–C–C–N with tert-alkyl or cyclic N) is 1. The van der Waals surface area contributed by atoms with Gasteiger partial charge in [0.15, 0.2) is 17.4 Å². The lowest BCUT2D eigenvalue weighted by atomic mass is 9.72. The second-order valence-electron chi connectivity index (χ2n) is 11.3. The molecule has 11 nitrogen and oxygen atoms in total. The van der Waals surface area contributed by atoms with Gasteiger partial charge in [-0.2, -0.15) is 4.39 Å². The normalized spacial score (nSPS) is 20.5. The highest BCUT2D eigenvalue weighted by atomic mass is 35.5. The number of rotatable bonds is 6. The van der Waals surface area contributed by atoms with E-state index in [4.69, 9.17) is 16.3 Å². The van der Waals surface area contributed by atoms with Crippen molar-refractivity contribution in [2.45, 2.75) is 18.6 Å². The number of imidazole rings is 1. The number of nitrogens with zero attached hydrogens (tertiary/aromatic N) is 4. The number of likely N-dealkylation sites (tertiary alicyclic amines) is 2. The maximum Gasteiger partial charge on any atom is 0.291 e. The fraction of sp³-hybridized carbons (Fsp3) is 0.379. The van der Waals surface area contributed by atoms with Crippen LogP contribution in [0, 0.1) is 17.0 Å². The van der Waals surface area contributed by atoms with Crippen LogP contribution in [0.4, 0.5) is 14.5 Å². The number of anilines is 1. The third kappa shape index (κ3) is 5.11. The number of amides is 3. The Hall–Kier alpha value is -4.07. The predicted octanol–water partition coefficient (Wildman–Crippen LogP) is 2.29. The fourth-order valence-corrected chi connectivity index (χ4v) is 6.29. The molecule has 3 amide bonds. The van der Waals surface area contributed by atoms with Gasteiger partial charge in [0.2, 0.25) is 11.7 Å². The van der Waals surface area contributed by atoms with Crippen molar-refractivity contribution in [3.05, 3.63) is 64.6 Å². The highest BCUT2D eigenvalue weighted by Crippen LogP contribution is 2.41. The van der Waals surface area contributed by atoms with Crippen LogP contribution in [0.5, 0.6) is 5.75 Å². The molecule has 3 saturated heterocycles. The van der Waals surface area contributed by atoms with Gasteiger partial charge in [-0.1, -0.05) is 11.6 Å². The molecule has 4 heterocycles. The average Bonchev–Trinajstić information content (AvgIpc) is 3.54. The first kappa shape index (κ1) is 29.0. The van der Waals surface area contributed by atoms with E-state index in [-0.39, 0.29) is 56.7 Å². The Morgan fingerprint density at radius 2 is 1.84 bits per heavy atom. The number of hydrogen-bond donors (Lipinski definition) is 3. The smallest absolute Gasteiger partial charge is 0.291 e. The lowest BCUT2D eigenvalue weighted by Gasteiger charge is -2.60. The first-order valence-corrected chi connectivity index (χ1v) is 14.0. The molecule has 14 heteroatoms. The number of halogens is 3. The molecule has 3 aliphatic rings. The summed E-state index contributed by atoms with van der Waals surface area (Å²) in [6.07, 6.45) is 1.17. The Kier molecular flexibility index (Phi) is 7.35. The number of aliphatic hydroxyl groups is 1. The topological polar surface area (TPSA) is 129 Å². The van der Waals surface area contributed by atoms with Crippen LogP contribution in [-0.2, 0) is 11.8 Å². The van der Waals surface area contributed by atoms with Crippen LogP contribution >= 0.6 is 11.6 Å². The number of carbonyl (C=O) groups excluding carboxylic acids is 3. The van der Waals surface area contributed by atoms with Gasteiger partial charge in [-0.25, -0.2) is 9.37 Å². The lowest BCUT2D eigenvalue weighted by Crippen LogP contribution is -2.74. The van der Waals surface area contributed by atoms with Crippen LogP contribution in [0.2, 0.25) is 5.02 Å². The highest BCUT2D eigenvalue weighted by molar-refractivity contribution is 6.34. The summed E-state index contributed by atoms with van der Waals surface area (Å²) in [7, 11) is 2.73. The second-order valence-corrected chi connectivity index (χ2v) is 11.7. The van der Waals surface area contributed by atoms with Gasteiger partial charge >= 0.3 is 0 Å². The molecule has 43 heavy (non-hydrogen) atoms. The molecule has 3 N–H and O–H groups in total. The third-order valence-corrected chi connectivity index (χ3v) is 8.61. The number of aromatic nitrogens is 2. The summed E-state index contributed by atoms with van der Waals surface area (Å²) < 4.78 is 35.0. The summed E-state index contributed by atoms with van der Waals surface area (Å²) >= 11 is 6.43. The van der Waals surface area contributed by atoms with Gasteiger partial charge in [0.25, 0.3) is 11.8 Å². The van der Waals surface area contributed by atoms with Crippen LogP contribution in [0.3, 0.4) is 0 Å². The summed E-state index contributed by atoms with van der Waals surface area (Å²) in [5.41, 5.74) is 0.574. The van der Waals surface area contributed by atoms with Gasteiger partial charge in [0.05, 0.1) is 41.7 Å². The minimum Gasteiger partial charge on any atom is -0.494 e. The summed E-state index contributed by atoms with van der Waals surface area (Å²) in [6.45, 7) is 2.56. The zero-order chi connectivity index (χ0) is 30.6. The Labute approximate surface area is 250 Å². The van der Waals surface area contributed by atoms with Crippen LogP contribution in [0.15, 0.2) is 36.5 Å². The average molecular weight is 615 g/mol. The number of hydrogen-bond acceptors (Lipinski definition) is 7. The number of ether oxygens (including phenoxy) is 1. The fourth-order valence-electron chi connectivity index (χ4n) is 6.03. The zero-order valence-corrected chi connectivity index (χ0v) is 24.1. The van der Waals surface area contributed by atoms with E-state index < -0.39 is 23.6 Å². The monoisotopic (exact) mass is 614 g/mol. The van der Waals surface area contributed by atoms with Crippen molar-refractivity contribution in [1.29, 1.82) is 0 Å². The van der Waals surface area contributed by atoms with Gasteiger partial charge in [-0.05, 0) is 36.8 Å². The number of aliphatic hydroxyl groups excluding tert-OH is 1. The van der Waals surface area contributed by atoms with Crippen molar-refractivity contribution in [1.82, 2.24) is 24.7 Å². The Bertz CT molecular complexity index is 1630. The van der Waals surface area contributed by atoms with E-state index in [1.54, 1.807) is 15.9 Å². The van der Waals surface area contributed by atoms with Crippen molar-refractivity contribution in [3.63, 3.8) is 0 Å². The molecule has 3 fully saturated rings. The highest BCUT2D eigenvalue weighted by Gasteiger charge is 2.55. The van der Waals surface area contributed by atoms with E-state index in [1.165, 1.54) is 49.2 Å². The standard InChI is InChI=1S/C29H29ClF2N6O5/c1-36-21(18-5-6-22(43-2)24(32)23(18)31)10-34-25(36)26(40)35-15-3-4-17(19(30)7-15)27(41)37-11-29(12-37)13-38(14-29)28(42)20-8-16(39)9-33-20/h3-7,10,16,20,33,39H,8-9,11-14H2,1-2H3,(H,35,40)/t16-,20+/m1/s1. The van der Waals surface area contributed by atoms with Crippen molar-refractivity contribution < 1.29 is 33.0 Å². The molecule has 0 aliphatic carbocycles. The van der Waals surface area contributed by atoms with Gasteiger partial charge in [-0.15, -0.1) is 0 Å². The summed E-state index contributed by atoms with van der Waals surface area (Å²) in [6, 6.07) is 6.79. The summed E-state index contributed by atoms with van der Waals surface area (Å²) in [4.78, 5) is 46.2. The summed E-state index contributed by atoms with van der Waals surface area (Å²) in [5, 5.41) is 15.5. The van der Waals surface area contributed by atoms with E-state index in [9.17, 15) is 28.3 Å². The minimum absolute atomic E-state index is 0.0174. The third-order valence-electron chi connectivity index (χ3n) is 8.30. The molecule has 2 aromatic carbocycles. The van der Waals surface area contributed by atoms with Gasteiger partial charge in [0, 0.05) is 56.4 Å². The zero-order valence-electron chi connectivity index (χ0n) is 23.4. The van der Waals surface area contributed by atoms with Crippen LogP contribution < -0.4 is 15.4 Å². The van der Waals surface area contributed by atoms with E-state index in [1.807, 2.05) is 0 Å². The molecular formula is C29H29ClF2N6O5. The molecule has 2 atom stereocenters. The largest absolute Gasteiger partial charge is 0.494 e. The quantitative estimate of drug-likeness (QED) is 0.389. The Morgan fingerprint density at radius 3 is 2.49 bits per heavy atom. The maximum absolute atomic E-state index is 14.6. The van der Waals surface area contributed by atoms with E-state index in [2.05, 4.69) is 15.6 Å². The number of carbonyl (C=O) groups is 3. The molecule has 0 saturated carbocycles. The van der Waals surface area contributed by atoms with Crippen LogP contribution in [0.25, 0.3) is 11.3 Å². The molecule has 0 radical (unpaired) electrons. The minimum atomic E-state index is -1.15. The molecule has 226 valence electrons. The van der Waals surface area contributed by atoms with Crippen LogP contribution in [0.1, 0.15) is 27.4 Å². The van der Waals surface area contributed by atoms with Crippen LogP contribution in [-0.4, -0.2) is 94.2 Å². The SMILES string of the molecule is COc1ccc(-c2cnc(C(=O)Nc3ccc(C(=O)N4CC5(C4)CN(C(=O)[C@@H]4C[C@@H](O)CN4)C5)c(Cl)c3)n2C)c(F)c1F. The van der Waals surface area contributed by atoms with E-state index >= 15 is 0 Å². The molecular weight excluding hydrogens is 586 g/mol. The Balaban J connectivity index is 1.06. The molecule has 6 rings (SSSR count). The number of nitrogens with one attached hydrogen (secondary N) is 2. The van der Waals surface area contributed by atoms with Crippen molar-refractivity contribution in [3.8, 4) is 17.0 Å². The van der Waals surface area contributed by atoms with E-state index in [0.29, 0.717) is 44.8 Å². The molecule has 0 bridgehead atoms. The van der Waals surface area contributed by atoms with Crippen molar-refractivity contribution >= 4 is 35.0 Å². The molecule has 3 aromatic rings. The molecule has 0 unspecified atom stereocenters. The van der Waals surface area contributed by atoms with Gasteiger partial charge < -0.3 is 34.8 Å². The lowest BCUT2D eigenvalue weighted by molar-refractivity contribution is -0.156. The van der Waals surface area contributed by atoms with Crippen molar-refractivity contribution in [2.75, 3.05) is 45.2 Å². The van der Waals surface area contributed by atoms with E-state index in [0.717, 1.165) is 0 Å². The van der Waals surface area contributed by atoms with Crippen molar-refractivity contribution in [2.24, 2.45) is 12.5 Å².